The average Bonchev–Trinajstić information content (AvgIpc) is 3.11. The Kier molecular flexibility index (Phi) is 5.20. The molecule has 5 rings (SSSR count). The second kappa shape index (κ2) is 7.87. The van der Waals surface area contributed by atoms with Gasteiger partial charge in [-0.2, -0.15) is 0 Å². The third-order valence-electron chi connectivity index (χ3n) is 7.13. The summed E-state index contributed by atoms with van der Waals surface area (Å²) in [5, 5.41) is 2.63. The third kappa shape index (κ3) is 3.74. The Labute approximate surface area is 204 Å². The van der Waals surface area contributed by atoms with Crippen LogP contribution >= 0.6 is 0 Å². The van der Waals surface area contributed by atoms with Crippen molar-refractivity contribution in [3.63, 3.8) is 0 Å². The maximum absolute atomic E-state index is 2.50. The molecule has 0 aliphatic carbocycles. The van der Waals surface area contributed by atoms with Crippen LogP contribution in [0.4, 0.5) is 0 Å². The zero-order chi connectivity index (χ0) is 24.3. The zero-order valence-electron chi connectivity index (χ0n) is 21.5. The van der Waals surface area contributed by atoms with Gasteiger partial charge in [-0.3, -0.25) is 0 Å². The van der Waals surface area contributed by atoms with Gasteiger partial charge in [0.1, 0.15) is 0 Å². The summed E-state index contributed by atoms with van der Waals surface area (Å²) < 4.78 is 2.50. The lowest BCUT2D eigenvalue weighted by molar-refractivity contribution is 0.591. The number of fused-ring (bicyclic) bond motifs is 3. The lowest BCUT2D eigenvalue weighted by Crippen LogP contribution is -2.11. The molecule has 0 atom stereocenters. The van der Waals surface area contributed by atoms with Crippen LogP contribution in [0.3, 0.4) is 0 Å². The Morgan fingerprint density at radius 3 is 1.59 bits per heavy atom. The molecule has 0 fully saturated rings. The molecule has 0 N–H and O–H groups in total. The van der Waals surface area contributed by atoms with Crippen LogP contribution in [0.1, 0.15) is 58.2 Å². The van der Waals surface area contributed by atoms with Crippen LogP contribution in [0, 0.1) is 6.92 Å². The number of hydrogen-bond donors (Lipinski definition) is 0. The van der Waals surface area contributed by atoms with E-state index in [2.05, 4.69) is 138 Å². The first kappa shape index (κ1) is 22.5. The first-order chi connectivity index (χ1) is 16.1. The van der Waals surface area contributed by atoms with Gasteiger partial charge in [-0.25, -0.2) is 0 Å². The van der Waals surface area contributed by atoms with E-state index in [9.17, 15) is 0 Å². The molecule has 5 aromatic rings. The van der Waals surface area contributed by atoms with Crippen molar-refractivity contribution >= 4 is 21.8 Å². The Balaban J connectivity index is 1.89. The summed E-state index contributed by atoms with van der Waals surface area (Å²) in [7, 11) is 0. The van der Waals surface area contributed by atoms with E-state index in [4.69, 9.17) is 0 Å². The van der Waals surface area contributed by atoms with Crippen LogP contribution in [-0.2, 0) is 10.8 Å². The van der Waals surface area contributed by atoms with Crippen molar-refractivity contribution in [2.24, 2.45) is 0 Å². The number of hydrogen-bond acceptors (Lipinski definition) is 0. The number of benzene rings is 4. The molecule has 1 aromatic heterocycles. The van der Waals surface area contributed by atoms with Gasteiger partial charge in [-0.1, -0.05) is 108 Å². The molecular formula is C33H35N. The molecule has 4 aromatic carbocycles. The fraction of sp³-hybridized carbons (Fsp3) is 0.273. The molecule has 1 nitrogen and oxygen atoms in total. The monoisotopic (exact) mass is 445 g/mol. The Hall–Kier alpha value is -3.32. The molecule has 0 spiro atoms. The van der Waals surface area contributed by atoms with E-state index in [1.54, 1.807) is 0 Å². The summed E-state index contributed by atoms with van der Waals surface area (Å²) in [6.45, 7) is 16.0. The van der Waals surface area contributed by atoms with Crippen LogP contribution in [0.2, 0.25) is 0 Å². The topological polar surface area (TPSA) is 4.93 Å². The summed E-state index contributed by atoms with van der Waals surface area (Å²) in [6.07, 6.45) is 0. The molecule has 1 heterocycles. The highest BCUT2D eigenvalue weighted by molar-refractivity contribution is 6.10. The van der Waals surface area contributed by atoms with Crippen molar-refractivity contribution in [1.82, 2.24) is 4.57 Å². The minimum Gasteiger partial charge on any atom is -0.309 e. The van der Waals surface area contributed by atoms with E-state index in [0.29, 0.717) is 0 Å². The quantitative estimate of drug-likeness (QED) is 0.255. The smallest absolute Gasteiger partial charge is 0.0544 e. The van der Waals surface area contributed by atoms with E-state index < -0.39 is 0 Å². The van der Waals surface area contributed by atoms with Crippen LogP contribution in [0.25, 0.3) is 38.6 Å². The Bertz CT molecular complexity index is 1430. The number of rotatable bonds is 2. The summed E-state index contributed by atoms with van der Waals surface area (Å²) in [4.78, 5) is 0. The van der Waals surface area contributed by atoms with Gasteiger partial charge in [0.15, 0.2) is 0 Å². The zero-order valence-corrected chi connectivity index (χ0v) is 21.5. The van der Waals surface area contributed by atoms with E-state index >= 15 is 0 Å². The molecule has 172 valence electrons. The van der Waals surface area contributed by atoms with Crippen LogP contribution in [0.15, 0.2) is 84.9 Å². The summed E-state index contributed by atoms with van der Waals surface area (Å²) in [5.41, 5.74) is 10.5. The molecular weight excluding hydrogens is 410 g/mol. The lowest BCUT2D eigenvalue weighted by Gasteiger charge is -2.21. The maximum Gasteiger partial charge on any atom is 0.0544 e. The predicted octanol–water partition coefficient (Wildman–Crippen LogP) is 9.35. The van der Waals surface area contributed by atoms with Gasteiger partial charge in [-0.05, 0) is 63.8 Å². The van der Waals surface area contributed by atoms with Crippen molar-refractivity contribution in [2.45, 2.75) is 59.3 Å². The van der Waals surface area contributed by atoms with Crippen molar-refractivity contribution in [2.75, 3.05) is 0 Å². The van der Waals surface area contributed by atoms with E-state index in [1.807, 2.05) is 0 Å². The van der Waals surface area contributed by atoms with Crippen LogP contribution in [0.5, 0.6) is 0 Å². The molecule has 0 saturated heterocycles. The first-order valence-corrected chi connectivity index (χ1v) is 12.3. The molecule has 0 aliphatic heterocycles. The van der Waals surface area contributed by atoms with Crippen molar-refractivity contribution in [3.05, 3.63) is 102 Å². The van der Waals surface area contributed by atoms with Gasteiger partial charge in [0.25, 0.3) is 0 Å². The van der Waals surface area contributed by atoms with Crippen LogP contribution < -0.4 is 0 Å². The average molecular weight is 446 g/mol. The largest absolute Gasteiger partial charge is 0.309 e. The van der Waals surface area contributed by atoms with E-state index in [1.165, 1.54) is 55.3 Å². The van der Waals surface area contributed by atoms with Gasteiger partial charge >= 0.3 is 0 Å². The van der Waals surface area contributed by atoms with Crippen molar-refractivity contribution in [3.8, 4) is 16.8 Å². The lowest BCUT2D eigenvalue weighted by atomic mass is 9.86. The standard InChI is InChI=1S/C33H35N/c1-22-26(23-12-9-8-10-13-23)14-11-15-29(22)34-30-20-24(32(2,3)4)16-18-27(30)28-19-17-25(21-31(28)34)33(5,6)7/h8-21H,1-7H3. The molecule has 1 heteroatoms. The fourth-order valence-corrected chi connectivity index (χ4v) is 5.01. The van der Waals surface area contributed by atoms with Gasteiger partial charge in [-0.15, -0.1) is 0 Å². The molecule has 0 amide bonds. The summed E-state index contributed by atoms with van der Waals surface area (Å²) in [5.74, 6) is 0. The number of nitrogens with zero attached hydrogens (tertiary/aromatic N) is 1. The highest BCUT2D eigenvalue weighted by Gasteiger charge is 2.21. The SMILES string of the molecule is Cc1c(-c2ccccc2)cccc1-n1c2cc(C(C)(C)C)ccc2c2ccc(C(C)(C)C)cc21. The minimum atomic E-state index is 0.0903. The van der Waals surface area contributed by atoms with Crippen molar-refractivity contribution in [1.29, 1.82) is 0 Å². The van der Waals surface area contributed by atoms with E-state index in [-0.39, 0.29) is 10.8 Å². The minimum absolute atomic E-state index is 0.0903. The number of aromatic nitrogens is 1. The van der Waals surface area contributed by atoms with Gasteiger partial charge in [0.05, 0.1) is 11.0 Å². The second-order valence-electron chi connectivity index (χ2n) is 11.6. The van der Waals surface area contributed by atoms with Crippen molar-refractivity contribution < 1.29 is 0 Å². The van der Waals surface area contributed by atoms with E-state index in [0.717, 1.165) is 0 Å². The molecule has 0 radical (unpaired) electrons. The highest BCUT2D eigenvalue weighted by Crippen LogP contribution is 2.39. The first-order valence-electron chi connectivity index (χ1n) is 12.3. The third-order valence-corrected chi connectivity index (χ3v) is 7.13. The predicted molar refractivity (Wildman–Crippen MR) is 148 cm³/mol. The molecule has 0 saturated carbocycles. The highest BCUT2D eigenvalue weighted by atomic mass is 15.0. The van der Waals surface area contributed by atoms with Gasteiger partial charge < -0.3 is 4.57 Å². The fourth-order valence-electron chi connectivity index (χ4n) is 5.01. The Morgan fingerprint density at radius 1 is 0.559 bits per heavy atom. The van der Waals surface area contributed by atoms with Crippen LogP contribution in [-0.4, -0.2) is 4.57 Å². The molecule has 34 heavy (non-hydrogen) atoms. The molecule has 0 unspecified atom stereocenters. The molecule has 0 aliphatic rings. The van der Waals surface area contributed by atoms with Gasteiger partial charge in [0, 0.05) is 16.5 Å². The molecule has 0 bridgehead atoms. The maximum atomic E-state index is 2.50. The summed E-state index contributed by atoms with van der Waals surface area (Å²) >= 11 is 0. The van der Waals surface area contributed by atoms with Gasteiger partial charge in [0.2, 0.25) is 0 Å². The second-order valence-corrected chi connectivity index (χ2v) is 11.6. The normalized spacial score (nSPS) is 12.6. The summed E-state index contributed by atoms with van der Waals surface area (Å²) in [6, 6.07) is 31.5. The Morgan fingerprint density at radius 2 is 1.09 bits per heavy atom.